The van der Waals surface area contributed by atoms with Gasteiger partial charge in [-0.15, -0.1) is 0 Å². The molecule has 1 rings (SSSR count). The summed E-state index contributed by atoms with van der Waals surface area (Å²) in [4.78, 5) is 4.45. The molecule has 0 aliphatic heterocycles. The summed E-state index contributed by atoms with van der Waals surface area (Å²) in [7, 11) is 0. The largest absolute Gasteiger partial charge is 0.258 e. The molecule has 1 aromatic rings. The quantitative estimate of drug-likeness (QED) is 0.665. The standard InChI is InChI=1S/C16H22FN/c1-10-8-11(2)15(14(17)9-10)12(3)18-13(4)16(5,6)7/h8-9H,4H2,1-3,5-7H3. The third-order valence-corrected chi connectivity index (χ3v) is 2.96. The number of nitrogens with zero attached hydrogens (tertiary/aromatic N) is 1. The molecule has 0 fully saturated rings. The maximum absolute atomic E-state index is 14.0. The molecule has 0 N–H and O–H groups in total. The summed E-state index contributed by atoms with van der Waals surface area (Å²) in [5, 5.41) is 0. The second-order valence-corrected chi connectivity index (χ2v) is 5.83. The lowest BCUT2D eigenvalue weighted by atomic mass is 9.93. The maximum atomic E-state index is 14.0. The molecule has 0 amide bonds. The SMILES string of the molecule is C=C(N=C(C)c1c(C)cc(C)cc1F)C(C)(C)C. The van der Waals surface area contributed by atoms with Gasteiger partial charge in [0.2, 0.25) is 0 Å². The summed E-state index contributed by atoms with van der Waals surface area (Å²) >= 11 is 0. The molecule has 1 nitrogen and oxygen atoms in total. The number of allylic oxidation sites excluding steroid dienone is 1. The molecule has 18 heavy (non-hydrogen) atoms. The van der Waals surface area contributed by atoms with Gasteiger partial charge >= 0.3 is 0 Å². The lowest BCUT2D eigenvalue weighted by Gasteiger charge is -2.19. The highest BCUT2D eigenvalue weighted by Gasteiger charge is 2.16. The Balaban J connectivity index is 3.24. The minimum Gasteiger partial charge on any atom is -0.258 e. The van der Waals surface area contributed by atoms with E-state index in [1.807, 2.05) is 47.6 Å². The molecule has 0 saturated heterocycles. The Morgan fingerprint density at radius 3 is 2.22 bits per heavy atom. The van der Waals surface area contributed by atoms with E-state index in [1.54, 1.807) is 6.07 Å². The van der Waals surface area contributed by atoms with Crippen LogP contribution in [-0.4, -0.2) is 5.71 Å². The summed E-state index contributed by atoms with van der Waals surface area (Å²) in [6.07, 6.45) is 0. The molecule has 0 atom stereocenters. The minimum atomic E-state index is -0.213. The smallest absolute Gasteiger partial charge is 0.132 e. The number of halogens is 1. The van der Waals surface area contributed by atoms with E-state index in [2.05, 4.69) is 11.6 Å². The fourth-order valence-electron chi connectivity index (χ4n) is 1.80. The molecule has 0 aromatic heterocycles. The van der Waals surface area contributed by atoms with Crippen molar-refractivity contribution in [3.8, 4) is 0 Å². The van der Waals surface area contributed by atoms with Gasteiger partial charge in [0.05, 0.1) is 0 Å². The van der Waals surface area contributed by atoms with Gasteiger partial charge in [-0.1, -0.05) is 33.4 Å². The van der Waals surface area contributed by atoms with Crippen molar-refractivity contribution in [2.75, 3.05) is 0 Å². The van der Waals surface area contributed by atoms with Crippen LogP contribution in [0.25, 0.3) is 0 Å². The van der Waals surface area contributed by atoms with E-state index in [-0.39, 0.29) is 11.2 Å². The molecule has 1 aromatic carbocycles. The molecule has 2 heteroatoms. The molecular weight excluding hydrogens is 225 g/mol. The van der Waals surface area contributed by atoms with Crippen LogP contribution in [0.1, 0.15) is 44.4 Å². The molecular formula is C16H22FN. The van der Waals surface area contributed by atoms with E-state index in [1.165, 1.54) is 0 Å². The number of aryl methyl sites for hydroxylation is 2. The Morgan fingerprint density at radius 1 is 1.22 bits per heavy atom. The van der Waals surface area contributed by atoms with E-state index in [0.717, 1.165) is 16.8 Å². The normalized spacial score (nSPS) is 12.7. The Hall–Kier alpha value is -1.44. The van der Waals surface area contributed by atoms with Crippen molar-refractivity contribution in [3.05, 3.63) is 46.9 Å². The summed E-state index contributed by atoms with van der Waals surface area (Å²) in [5.41, 5.74) is 3.78. The van der Waals surface area contributed by atoms with Crippen molar-refractivity contribution in [3.63, 3.8) is 0 Å². The molecule has 0 heterocycles. The number of benzene rings is 1. The molecule has 0 aliphatic carbocycles. The van der Waals surface area contributed by atoms with Crippen LogP contribution in [0, 0.1) is 25.1 Å². The zero-order chi connectivity index (χ0) is 14.1. The average Bonchev–Trinajstić information content (AvgIpc) is 2.13. The predicted molar refractivity (Wildman–Crippen MR) is 76.7 cm³/mol. The predicted octanol–water partition coefficient (Wildman–Crippen LogP) is 4.81. The van der Waals surface area contributed by atoms with Crippen molar-refractivity contribution in [2.24, 2.45) is 10.4 Å². The van der Waals surface area contributed by atoms with Gasteiger partial charge in [0.25, 0.3) is 0 Å². The third kappa shape index (κ3) is 3.28. The summed E-state index contributed by atoms with van der Waals surface area (Å²) in [6, 6.07) is 3.51. The highest BCUT2D eigenvalue weighted by Crippen LogP contribution is 2.26. The van der Waals surface area contributed by atoms with Crippen LogP contribution >= 0.6 is 0 Å². The second-order valence-electron chi connectivity index (χ2n) is 5.83. The van der Waals surface area contributed by atoms with Crippen LogP contribution in [0.2, 0.25) is 0 Å². The van der Waals surface area contributed by atoms with E-state index >= 15 is 0 Å². The zero-order valence-corrected chi connectivity index (χ0v) is 12.2. The van der Waals surface area contributed by atoms with Crippen molar-refractivity contribution in [1.29, 1.82) is 0 Å². The maximum Gasteiger partial charge on any atom is 0.132 e. The van der Waals surface area contributed by atoms with Crippen LogP contribution < -0.4 is 0 Å². The van der Waals surface area contributed by atoms with Crippen molar-refractivity contribution in [1.82, 2.24) is 0 Å². The Morgan fingerprint density at radius 2 is 1.78 bits per heavy atom. The van der Waals surface area contributed by atoms with Crippen LogP contribution in [0.3, 0.4) is 0 Å². The van der Waals surface area contributed by atoms with Crippen LogP contribution in [0.4, 0.5) is 4.39 Å². The first kappa shape index (κ1) is 14.6. The fourth-order valence-corrected chi connectivity index (χ4v) is 1.80. The lowest BCUT2D eigenvalue weighted by molar-refractivity contribution is 0.500. The highest BCUT2D eigenvalue weighted by molar-refractivity contribution is 6.00. The van der Waals surface area contributed by atoms with Gasteiger partial charge < -0.3 is 0 Å². The molecule has 0 saturated carbocycles. The van der Waals surface area contributed by atoms with Gasteiger partial charge in [-0.05, 0) is 38.0 Å². The first-order valence-electron chi connectivity index (χ1n) is 6.14. The van der Waals surface area contributed by atoms with Crippen molar-refractivity contribution >= 4 is 5.71 Å². The molecule has 98 valence electrons. The van der Waals surface area contributed by atoms with Gasteiger partial charge in [-0.2, -0.15) is 0 Å². The van der Waals surface area contributed by atoms with Gasteiger partial charge in [-0.25, -0.2) is 4.39 Å². The van der Waals surface area contributed by atoms with Crippen molar-refractivity contribution < 1.29 is 4.39 Å². The average molecular weight is 247 g/mol. The Bertz CT molecular complexity index is 481. The minimum absolute atomic E-state index is 0.101. The van der Waals surface area contributed by atoms with E-state index in [9.17, 15) is 4.39 Å². The fraction of sp³-hybridized carbons (Fsp3) is 0.438. The molecule has 0 bridgehead atoms. The zero-order valence-electron chi connectivity index (χ0n) is 12.2. The number of hydrogen-bond acceptors (Lipinski definition) is 1. The number of hydrogen-bond donors (Lipinski definition) is 0. The summed E-state index contributed by atoms with van der Waals surface area (Å²) in [6.45, 7) is 15.7. The molecule has 0 aliphatic rings. The van der Waals surface area contributed by atoms with Gasteiger partial charge in [0, 0.05) is 22.4 Å². The number of rotatable bonds is 2. The summed E-state index contributed by atoms with van der Waals surface area (Å²) < 4.78 is 14.0. The lowest BCUT2D eigenvalue weighted by Crippen LogP contribution is -2.10. The first-order valence-corrected chi connectivity index (χ1v) is 6.14. The highest BCUT2D eigenvalue weighted by atomic mass is 19.1. The monoisotopic (exact) mass is 247 g/mol. The molecule has 0 radical (unpaired) electrons. The van der Waals surface area contributed by atoms with Crippen LogP contribution in [-0.2, 0) is 0 Å². The summed E-state index contributed by atoms with van der Waals surface area (Å²) in [5.74, 6) is -0.213. The van der Waals surface area contributed by atoms with Gasteiger partial charge in [0.15, 0.2) is 0 Å². The van der Waals surface area contributed by atoms with E-state index in [0.29, 0.717) is 11.3 Å². The first-order chi connectivity index (χ1) is 8.12. The molecule has 0 unspecified atom stereocenters. The molecule has 0 spiro atoms. The van der Waals surface area contributed by atoms with Crippen molar-refractivity contribution in [2.45, 2.75) is 41.5 Å². The van der Waals surface area contributed by atoms with Gasteiger partial charge in [-0.3, -0.25) is 4.99 Å². The third-order valence-electron chi connectivity index (χ3n) is 2.96. The van der Waals surface area contributed by atoms with E-state index in [4.69, 9.17) is 0 Å². The second kappa shape index (κ2) is 5.05. The Labute approximate surface area is 109 Å². The Kier molecular flexibility index (Phi) is 4.10. The van der Waals surface area contributed by atoms with Gasteiger partial charge in [0.1, 0.15) is 5.82 Å². The topological polar surface area (TPSA) is 12.4 Å². The van der Waals surface area contributed by atoms with E-state index < -0.39 is 0 Å². The van der Waals surface area contributed by atoms with Crippen LogP contribution in [0.5, 0.6) is 0 Å². The van der Waals surface area contributed by atoms with Crippen LogP contribution in [0.15, 0.2) is 29.4 Å². The number of aliphatic imine (C=N–C) groups is 1.